The molecule has 1 unspecified atom stereocenters. The fraction of sp³-hybridized carbons (Fsp3) is 0.417. The predicted octanol–water partition coefficient (Wildman–Crippen LogP) is 2.08. The molecule has 1 aromatic carbocycles. The minimum Gasteiger partial charge on any atom is -0.402 e. The largest absolute Gasteiger partial charge is 0.402 e. The monoisotopic (exact) mass is 299 g/mol. The number of ether oxygens (including phenoxy) is 1. The fourth-order valence-electron chi connectivity index (χ4n) is 1.88. The average Bonchev–Trinajstić information content (AvgIpc) is 2.66. The van der Waals surface area contributed by atoms with E-state index in [1.807, 2.05) is 18.2 Å². The highest BCUT2D eigenvalue weighted by atomic mass is 79.9. The first-order chi connectivity index (χ1) is 8.30. The number of hydrogen-bond acceptors (Lipinski definition) is 4. The summed E-state index contributed by atoms with van der Waals surface area (Å²) in [6, 6.07) is 5.57. The molecule has 0 saturated heterocycles. The van der Waals surface area contributed by atoms with Crippen LogP contribution in [0, 0.1) is 0 Å². The number of hydrogen-bond donors (Lipinski definition) is 0. The molecule has 0 fully saturated rings. The lowest BCUT2D eigenvalue weighted by molar-refractivity contribution is -0.147. The number of aryl methyl sites for hydroxylation is 1. The molecule has 4 nitrogen and oxygen atoms in total. The van der Waals surface area contributed by atoms with Gasteiger partial charge in [0.15, 0.2) is 5.75 Å². The molecule has 0 radical (unpaired) electrons. The molecule has 0 bridgehead atoms. The van der Waals surface area contributed by atoms with E-state index >= 15 is 0 Å². The number of carbonyl (C=O) groups excluding carboxylic acids is 1. The standard InChI is InChI=1S/C12H14BrNO3/c1-16-8-14-11(7-15)10-3-2-9(4-5-13)6-12(10)17-14/h2-3,6-7,11H,4-5,8H2,1H3. The number of alkyl halides is 1. The number of hydroxylamine groups is 2. The molecule has 5 heteroatoms. The molecule has 1 aliphatic rings. The van der Waals surface area contributed by atoms with Crippen molar-refractivity contribution in [3.63, 3.8) is 0 Å². The maximum Gasteiger partial charge on any atom is 0.153 e. The van der Waals surface area contributed by atoms with Crippen LogP contribution in [0.4, 0.5) is 0 Å². The van der Waals surface area contributed by atoms with Gasteiger partial charge in [0.1, 0.15) is 19.1 Å². The number of aldehydes is 1. The van der Waals surface area contributed by atoms with Crippen LogP contribution in [0.15, 0.2) is 18.2 Å². The van der Waals surface area contributed by atoms with Gasteiger partial charge in [0.25, 0.3) is 0 Å². The Morgan fingerprint density at radius 2 is 2.41 bits per heavy atom. The van der Waals surface area contributed by atoms with Gasteiger partial charge in [-0.15, -0.1) is 5.06 Å². The summed E-state index contributed by atoms with van der Waals surface area (Å²) in [5.74, 6) is 0.748. The third-order valence-corrected chi connectivity index (χ3v) is 3.09. The van der Waals surface area contributed by atoms with Gasteiger partial charge in [-0.25, -0.2) is 0 Å². The summed E-state index contributed by atoms with van der Waals surface area (Å²) in [6.45, 7) is 0.270. The second-order valence-corrected chi connectivity index (χ2v) is 4.61. The molecule has 0 spiro atoms. The number of methoxy groups -OCH3 is 1. The zero-order chi connectivity index (χ0) is 12.3. The van der Waals surface area contributed by atoms with Gasteiger partial charge >= 0.3 is 0 Å². The Morgan fingerprint density at radius 3 is 3.06 bits per heavy atom. The summed E-state index contributed by atoms with van der Waals surface area (Å²) in [4.78, 5) is 16.7. The first kappa shape index (κ1) is 12.5. The van der Waals surface area contributed by atoms with Crippen molar-refractivity contribution in [3.05, 3.63) is 29.3 Å². The Hall–Kier alpha value is -0.910. The van der Waals surface area contributed by atoms with Gasteiger partial charge in [-0.1, -0.05) is 28.1 Å². The van der Waals surface area contributed by atoms with Crippen LogP contribution in [0.1, 0.15) is 17.2 Å². The third kappa shape index (κ3) is 2.51. The molecule has 0 amide bonds. The molecule has 0 aliphatic carbocycles. The first-order valence-corrected chi connectivity index (χ1v) is 6.50. The van der Waals surface area contributed by atoms with Crippen LogP contribution in [0.2, 0.25) is 0 Å². The fourth-order valence-corrected chi connectivity index (χ4v) is 2.34. The molecule has 0 aromatic heterocycles. The van der Waals surface area contributed by atoms with E-state index in [0.29, 0.717) is 0 Å². The lowest BCUT2D eigenvalue weighted by Gasteiger charge is -2.16. The first-order valence-electron chi connectivity index (χ1n) is 5.37. The van der Waals surface area contributed by atoms with E-state index in [2.05, 4.69) is 15.9 Å². The quantitative estimate of drug-likeness (QED) is 0.616. The van der Waals surface area contributed by atoms with Crippen molar-refractivity contribution in [1.29, 1.82) is 0 Å². The zero-order valence-corrected chi connectivity index (χ0v) is 11.1. The van der Waals surface area contributed by atoms with Crippen molar-refractivity contribution in [2.75, 3.05) is 19.2 Å². The molecule has 0 saturated carbocycles. The smallest absolute Gasteiger partial charge is 0.153 e. The Morgan fingerprint density at radius 1 is 1.59 bits per heavy atom. The Kier molecular flexibility index (Phi) is 4.15. The van der Waals surface area contributed by atoms with Crippen molar-refractivity contribution in [2.45, 2.75) is 12.5 Å². The van der Waals surface area contributed by atoms with Gasteiger partial charge in [0.05, 0.1) is 0 Å². The Labute approximate surface area is 109 Å². The van der Waals surface area contributed by atoms with Crippen LogP contribution in [0.5, 0.6) is 5.75 Å². The van der Waals surface area contributed by atoms with Crippen LogP contribution in [0.25, 0.3) is 0 Å². The number of nitrogens with zero attached hydrogens (tertiary/aromatic N) is 1. The van der Waals surface area contributed by atoms with Crippen LogP contribution in [-0.2, 0) is 16.0 Å². The van der Waals surface area contributed by atoms with Crippen molar-refractivity contribution >= 4 is 22.2 Å². The highest BCUT2D eigenvalue weighted by molar-refractivity contribution is 9.09. The summed E-state index contributed by atoms with van der Waals surface area (Å²) in [5.41, 5.74) is 2.08. The van der Waals surface area contributed by atoms with Crippen molar-refractivity contribution in [2.24, 2.45) is 0 Å². The minimum atomic E-state index is -0.372. The van der Waals surface area contributed by atoms with Gasteiger partial charge in [-0.3, -0.25) is 0 Å². The molecule has 1 atom stereocenters. The number of rotatable bonds is 5. The summed E-state index contributed by atoms with van der Waals surface area (Å²) in [7, 11) is 1.57. The summed E-state index contributed by atoms with van der Waals surface area (Å²) in [6.07, 6.45) is 1.81. The van der Waals surface area contributed by atoms with Crippen LogP contribution in [0.3, 0.4) is 0 Å². The van der Waals surface area contributed by atoms with Crippen molar-refractivity contribution in [1.82, 2.24) is 5.06 Å². The molecule has 1 heterocycles. The zero-order valence-electron chi connectivity index (χ0n) is 9.56. The maximum absolute atomic E-state index is 11.1. The SMILES string of the molecule is COCN1Oc2cc(CCBr)ccc2C1C=O. The molecular formula is C12H14BrNO3. The van der Waals surface area contributed by atoms with E-state index in [0.717, 1.165) is 29.4 Å². The summed E-state index contributed by atoms with van der Waals surface area (Å²) >= 11 is 3.40. The van der Waals surface area contributed by atoms with Crippen molar-refractivity contribution < 1.29 is 14.4 Å². The van der Waals surface area contributed by atoms with Gasteiger partial charge in [-0.05, 0) is 18.1 Å². The molecule has 2 rings (SSSR count). The Balaban J connectivity index is 2.25. The van der Waals surface area contributed by atoms with E-state index in [9.17, 15) is 4.79 Å². The lowest BCUT2D eigenvalue weighted by atomic mass is 10.0. The highest BCUT2D eigenvalue weighted by Gasteiger charge is 2.32. The van der Waals surface area contributed by atoms with Crippen LogP contribution in [-0.4, -0.2) is 30.5 Å². The van der Waals surface area contributed by atoms with Crippen LogP contribution >= 0.6 is 15.9 Å². The minimum absolute atomic E-state index is 0.270. The number of carbonyl (C=O) groups is 1. The van der Waals surface area contributed by atoms with Gasteiger partial charge < -0.3 is 14.4 Å². The molecule has 92 valence electrons. The predicted molar refractivity (Wildman–Crippen MR) is 67.1 cm³/mol. The lowest BCUT2D eigenvalue weighted by Crippen LogP contribution is -2.29. The van der Waals surface area contributed by atoms with E-state index in [1.54, 1.807) is 7.11 Å². The second-order valence-electron chi connectivity index (χ2n) is 3.82. The molecule has 0 N–H and O–H groups in total. The maximum atomic E-state index is 11.1. The van der Waals surface area contributed by atoms with E-state index in [4.69, 9.17) is 9.57 Å². The number of fused-ring (bicyclic) bond motifs is 1. The summed E-state index contributed by atoms with van der Waals surface area (Å²) in [5, 5.41) is 2.44. The molecule has 1 aromatic rings. The van der Waals surface area contributed by atoms with Gasteiger partial charge in [-0.2, -0.15) is 0 Å². The number of benzene rings is 1. The van der Waals surface area contributed by atoms with E-state index in [1.165, 1.54) is 10.6 Å². The Bertz CT molecular complexity index is 411. The molecule has 1 aliphatic heterocycles. The summed E-state index contributed by atoms with van der Waals surface area (Å²) < 4.78 is 5.00. The van der Waals surface area contributed by atoms with Gasteiger partial charge in [0.2, 0.25) is 0 Å². The van der Waals surface area contributed by atoms with E-state index in [-0.39, 0.29) is 12.8 Å². The van der Waals surface area contributed by atoms with E-state index < -0.39 is 0 Å². The second kappa shape index (κ2) is 5.62. The highest BCUT2D eigenvalue weighted by Crippen LogP contribution is 2.36. The molecule has 17 heavy (non-hydrogen) atoms. The average molecular weight is 300 g/mol. The topological polar surface area (TPSA) is 38.8 Å². The normalized spacial score (nSPS) is 18.8. The van der Waals surface area contributed by atoms with Gasteiger partial charge in [0, 0.05) is 18.0 Å². The molecular weight excluding hydrogens is 286 g/mol. The van der Waals surface area contributed by atoms with Crippen molar-refractivity contribution in [3.8, 4) is 5.75 Å². The number of halogens is 1. The van der Waals surface area contributed by atoms with Crippen LogP contribution < -0.4 is 4.84 Å². The third-order valence-electron chi connectivity index (χ3n) is 2.69.